The maximum Gasteiger partial charge on any atom is 0.160 e. The molecule has 3 aromatic heterocycles. The number of rotatable bonds is 9. The van der Waals surface area contributed by atoms with E-state index in [0.717, 1.165) is 84.0 Å². The van der Waals surface area contributed by atoms with E-state index in [1.807, 2.05) is 36.4 Å². The zero-order valence-electron chi connectivity index (χ0n) is 40.1. The Balaban J connectivity index is 1.18. The van der Waals surface area contributed by atoms with E-state index in [1.54, 1.807) is 0 Å². The van der Waals surface area contributed by atoms with Crippen molar-refractivity contribution in [3.05, 3.63) is 247 Å². The zero-order chi connectivity index (χ0) is 48.0. The minimum atomic E-state index is 0.620. The highest BCUT2D eigenvalue weighted by molar-refractivity contribution is 6.12. The molecule has 12 rings (SSSR count). The minimum Gasteiger partial charge on any atom is -0.309 e. The van der Waals surface area contributed by atoms with Crippen molar-refractivity contribution in [1.82, 2.24) is 24.5 Å². The van der Waals surface area contributed by atoms with Crippen LogP contribution in [0.2, 0.25) is 0 Å². The predicted octanol–water partition coefficient (Wildman–Crippen LogP) is 16.9. The lowest BCUT2D eigenvalue weighted by atomic mass is 9.98. The first-order valence-corrected chi connectivity index (χ1v) is 24.2. The molecule has 0 aliphatic carbocycles. The predicted molar refractivity (Wildman–Crippen MR) is 294 cm³/mol. The summed E-state index contributed by atoms with van der Waals surface area (Å²) >= 11 is 0. The molecule has 5 nitrogen and oxygen atoms in total. The molecule has 338 valence electrons. The molecule has 0 N–H and O–H groups in total. The Labute approximate surface area is 414 Å². The van der Waals surface area contributed by atoms with E-state index in [9.17, 15) is 0 Å². The van der Waals surface area contributed by atoms with Gasteiger partial charge in [0, 0.05) is 44.2 Å². The van der Waals surface area contributed by atoms with Gasteiger partial charge in [-0.3, -0.25) is 0 Å². The molecular weight excluding hydrogens is 863 g/mol. The molecule has 0 aliphatic heterocycles. The number of hydrogen-bond acceptors (Lipinski definition) is 4. The quantitative estimate of drug-likeness (QED) is 0.145. The smallest absolute Gasteiger partial charge is 0.160 e. The van der Waals surface area contributed by atoms with Gasteiger partial charge in [-0.25, -0.2) is 19.9 Å². The second-order valence-electron chi connectivity index (χ2n) is 18.7. The summed E-state index contributed by atoms with van der Waals surface area (Å²) in [6, 6.07) is 79.7. The average molecular weight is 912 g/mol. The maximum absolute atomic E-state index is 5.50. The average Bonchev–Trinajstić information content (AvgIpc) is 3.73. The summed E-state index contributed by atoms with van der Waals surface area (Å²) in [5.74, 6) is 1.26. The summed E-state index contributed by atoms with van der Waals surface area (Å²) in [4.78, 5) is 21.4. The molecule has 0 saturated heterocycles. The molecule has 0 spiro atoms. The van der Waals surface area contributed by atoms with Crippen molar-refractivity contribution >= 4 is 21.8 Å². The van der Waals surface area contributed by atoms with Crippen molar-refractivity contribution in [1.29, 1.82) is 0 Å². The summed E-state index contributed by atoms with van der Waals surface area (Å²) < 4.78 is 2.45. The highest BCUT2D eigenvalue weighted by Gasteiger charge is 2.22. The van der Waals surface area contributed by atoms with Gasteiger partial charge in [0.05, 0.1) is 39.5 Å². The van der Waals surface area contributed by atoms with Crippen LogP contribution in [0.15, 0.2) is 224 Å². The van der Waals surface area contributed by atoms with Gasteiger partial charge in [-0.05, 0) is 92.4 Å². The molecule has 0 unspecified atom stereocenters. The second kappa shape index (κ2) is 18.1. The van der Waals surface area contributed by atoms with Gasteiger partial charge in [0.1, 0.15) is 0 Å². The van der Waals surface area contributed by atoms with E-state index in [0.29, 0.717) is 11.6 Å². The van der Waals surface area contributed by atoms with E-state index in [-0.39, 0.29) is 0 Å². The number of aryl methyl sites for hydroxylation is 4. The van der Waals surface area contributed by atoms with Gasteiger partial charge in [0.2, 0.25) is 0 Å². The number of aromatic nitrogens is 5. The van der Waals surface area contributed by atoms with Crippen LogP contribution < -0.4 is 0 Å². The lowest BCUT2D eigenvalue weighted by Gasteiger charge is -2.18. The lowest BCUT2D eigenvalue weighted by Crippen LogP contribution is -2.02. The van der Waals surface area contributed by atoms with Gasteiger partial charge in [-0.2, -0.15) is 0 Å². The Morgan fingerprint density at radius 3 is 1.07 bits per heavy atom. The largest absolute Gasteiger partial charge is 0.309 e. The van der Waals surface area contributed by atoms with Crippen molar-refractivity contribution in [2.45, 2.75) is 27.7 Å². The Morgan fingerprint density at radius 2 is 0.634 bits per heavy atom. The third kappa shape index (κ3) is 8.49. The Hall–Kier alpha value is -9.06. The first-order chi connectivity index (χ1) is 34.8. The fourth-order valence-electron chi connectivity index (χ4n) is 10.1. The molecule has 5 heteroatoms. The Kier molecular flexibility index (Phi) is 11.0. The fraction of sp³-hybridized carbons (Fsp3) is 0.0606. The maximum atomic E-state index is 5.50. The molecule has 0 aliphatic rings. The standard InChI is InChI=1S/C66H49N5/c1-42-31-43(2)34-53(33-42)50-25-28-55-56-29-26-51(54-35-44(3)32-45(4)36-54)39-64(56)71(63(55)38-50)62-30-27-52(66-68-58(46-17-9-5-10-18-46)40-59(69-66)47-19-11-6-12-20-47)37-57(62)61-41-60(48-21-13-7-14-22-48)67-65(70-61)49-23-15-8-16-24-49/h5-41H,1-4H3. The topological polar surface area (TPSA) is 56.5 Å². The molecule has 0 fully saturated rings. The van der Waals surface area contributed by atoms with Crippen LogP contribution in [0.1, 0.15) is 22.3 Å². The molecule has 0 saturated carbocycles. The third-order valence-corrected chi connectivity index (χ3v) is 13.3. The summed E-state index contributed by atoms with van der Waals surface area (Å²) in [7, 11) is 0. The van der Waals surface area contributed by atoms with Gasteiger partial charge in [-0.1, -0.05) is 204 Å². The normalized spacial score (nSPS) is 11.4. The van der Waals surface area contributed by atoms with Crippen molar-refractivity contribution in [2.24, 2.45) is 0 Å². The molecular formula is C66H49N5. The van der Waals surface area contributed by atoms with Crippen molar-refractivity contribution in [3.8, 4) is 95.7 Å². The molecule has 12 aromatic rings. The summed E-state index contributed by atoms with van der Waals surface area (Å²) in [6.45, 7) is 8.69. The molecule has 71 heavy (non-hydrogen) atoms. The molecule has 0 bridgehead atoms. The number of nitrogens with zero attached hydrogens (tertiary/aromatic N) is 5. The van der Waals surface area contributed by atoms with Gasteiger partial charge in [0.15, 0.2) is 11.6 Å². The number of hydrogen-bond donors (Lipinski definition) is 0. The van der Waals surface area contributed by atoms with Crippen LogP contribution >= 0.6 is 0 Å². The highest BCUT2D eigenvalue weighted by atomic mass is 15.0. The van der Waals surface area contributed by atoms with Gasteiger partial charge in [0.25, 0.3) is 0 Å². The van der Waals surface area contributed by atoms with Gasteiger partial charge < -0.3 is 4.57 Å². The molecule has 0 amide bonds. The highest BCUT2D eigenvalue weighted by Crippen LogP contribution is 2.42. The summed E-state index contributed by atoms with van der Waals surface area (Å²) in [5, 5.41) is 2.33. The number of benzene rings is 9. The van der Waals surface area contributed by atoms with Crippen LogP contribution in [0, 0.1) is 27.7 Å². The summed E-state index contributed by atoms with van der Waals surface area (Å²) in [5.41, 5.74) is 21.9. The Morgan fingerprint density at radius 1 is 0.268 bits per heavy atom. The van der Waals surface area contributed by atoms with E-state index >= 15 is 0 Å². The zero-order valence-corrected chi connectivity index (χ0v) is 40.1. The third-order valence-electron chi connectivity index (χ3n) is 13.3. The van der Waals surface area contributed by atoms with Crippen LogP contribution in [0.25, 0.3) is 118 Å². The second-order valence-corrected chi connectivity index (χ2v) is 18.7. The molecule has 3 heterocycles. The minimum absolute atomic E-state index is 0.620. The van der Waals surface area contributed by atoms with E-state index in [2.05, 4.69) is 220 Å². The monoisotopic (exact) mass is 911 g/mol. The van der Waals surface area contributed by atoms with Gasteiger partial charge in [-0.15, -0.1) is 0 Å². The van der Waals surface area contributed by atoms with Crippen molar-refractivity contribution < 1.29 is 0 Å². The van der Waals surface area contributed by atoms with Crippen molar-refractivity contribution in [3.63, 3.8) is 0 Å². The molecule has 9 aromatic carbocycles. The SMILES string of the molecule is Cc1cc(C)cc(-c2ccc3c4ccc(-c5cc(C)cc(C)c5)cc4n(-c4ccc(-c5nc(-c6ccccc6)cc(-c6ccccc6)n5)cc4-c4cc(-c5ccccc5)nc(-c5ccccc5)n4)c3c2)c1. The molecule has 0 atom stereocenters. The van der Waals surface area contributed by atoms with Gasteiger partial charge >= 0.3 is 0 Å². The lowest BCUT2D eigenvalue weighted by molar-refractivity contribution is 1.14. The van der Waals surface area contributed by atoms with Crippen LogP contribution in [-0.4, -0.2) is 24.5 Å². The van der Waals surface area contributed by atoms with Crippen molar-refractivity contribution in [2.75, 3.05) is 0 Å². The van der Waals surface area contributed by atoms with E-state index in [4.69, 9.17) is 19.9 Å². The molecule has 0 radical (unpaired) electrons. The van der Waals surface area contributed by atoms with Crippen LogP contribution in [0.4, 0.5) is 0 Å². The number of fused-ring (bicyclic) bond motifs is 3. The van der Waals surface area contributed by atoms with E-state index in [1.165, 1.54) is 44.2 Å². The van der Waals surface area contributed by atoms with Crippen LogP contribution in [-0.2, 0) is 0 Å². The van der Waals surface area contributed by atoms with Crippen LogP contribution in [0.5, 0.6) is 0 Å². The first-order valence-electron chi connectivity index (χ1n) is 24.2. The fourth-order valence-corrected chi connectivity index (χ4v) is 10.1. The van der Waals surface area contributed by atoms with E-state index < -0.39 is 0 Å². The Bertz CT molecular complexity index is 3690. The first kappa shape index (κ1) is 43.2. The summed E-state index contributed by atoms with van der Waals surface area (Å²) in [6.07, 6.45) is 0. The van der Waals surface area contributed by atoms with Crippen LogP contribution in [0.3, 0.4) is 0 Å².